The smallest absolute Gasteiger partial charge is 0.420 e. The molecule has 142 valence electrons. The number of hydrogen-bond acceptors (Lipinski definition) is 4. The summed E-state index contributed by atoms with van der Waals surface area (Å²) < 4.78 is 11.9. The molecule has 0 bridgehead atoms. The SMILES string of the molecule is O=C(Cn1c(=O)oc2cc(Cl)ccc21)N(Cc1ccccc1)Cc1ccco1. The second-order valence-electron chi connectivity index (χ2n) is 6.38. The van der Waals surface area contributed by atoms with E-state index in [9.17, 15) is 9.59 Å². The lowest BCUT2D eigenvalue weighted by atomic mass is 10.2. The summed E-state index contributed by atoms with van der Waals surface area (Å²) >= 11 is 5.95. The van der Waals surface area contributed by atoms with Gasteiger partial charge < -0.3 is 13.7 Å². The Labute approximate surface area is 165 Å². The first-order valence-electron chi connectivity index (χ1n) is 8.73. The highest BCUT2D eigenvalue weighted by Crippen LogP contribution is 2.19. The molecule has 0 spiro atoms. The molecule has 0 atom stereocenters. The first-order chi connectivity index (χ1) is 13.6. The Morgan fingerprint density at radius 3 is 2.61 bits per heavy atom. The van der Waals surface area contributed by atoms with Crippen LogP contribution in [0.5, 0.6) is 0 Å². The number of carbonyl (C=O) groups excluding carboxylic acids is 1. The Bertz CT molecular complexity index is 1150. The number of hydrogen-bond donors (Lipinski definition) is 0. The van der Waals surface area contributed by atoms with Crippen LogP contribution >= 0.6 is 11.6 Å². The van der Waals surface area contributed by atoms with Crippen molar-refractivity contribution < 1.29 is 13.6 Å². The van der Waals surface area contributed by atoms with Gasteiger partial charge in [-0.15, -0.1) is 0 Å². The van der Waals surface area contributed by atoms with Crippen molar-refractivity contribution in [3.05, 3.63) is 93.8 Å². The van der Waals surface area contributed by atoms with Crippen LogP contribution in [0, 0.1) is 0 Å². The Hall–Kier alpha value is -3.25. The molecule has 0 aliphatic heterocycles. The normalized spacial score (nSPS) is 11.0. The summed E-state index contributed by atoms with van der Waals surface area (Å²) in [6.45, 7) is 0.564. The van der Waals surface area contributed by atoms with Gasteiger partial charge in [0.05, 0.1) is 18.3 Å². The van der Waals surface area contributed by atoms with E-state index in [0.29, 0.717) is 35.0 Å². The summed E-state index contributed by atoms with van der Waals surface area (Å²) in [5, 5.41) is 0.461. The van der Waals surface area contributed by atoms with E-state index in [1.165, 1.54) is 4.57 Å². The van der Waals surface area contributed by atoms with Crippen molar-refractivity contribution >= 4 is 28.6 Å². The van der Waals surface area contributed by atoms with Gasteiger partial charge in [0.1, 0.15) is 12.3 Å². The summed E-state index contributed by atoms with van der Waals surface area (Å²) in [6.07, 6.45) is 1.57. The van der Waals surface area contributed by atoms with Gasteiger partial charge in [-0.2, -0.15) is 0 Å². The Morgan fingerprint density at radius 2 is 1.86 bits per heavy atom. The van der Waals surface area contributed by atoms with Gasteiger partial charge in [-0.05, 0) is 29.8 Å². The van der Waals surface area contributed by atoms with E-state index in [-0.39, 0.29) is 12.5 Å². The third-order valence-electron chi connectivity index (χ3n) is 4.42. The average Bonchev–Trinajstić information content (AvgIpc) is 3.30. The predicted octanol–water partition coefficient (Wildman–Crippen LogP) is 4.07. The molecule has 2 aromatic carbocycles. The lowest BCUT2D eigenvalue weighted by Crippen LogP contribution is -2.34. The molecule has 0 radical (unpaired) electrons. The fourth-order valence-electron chi connectivity index (χ4n) is 3.05. The first kappa shape index (κ1) is 18.1. The summed E-state index contributed by atoms with van der Waals surface area (Å²) in [6, 6.07) is 18.1. The molecule has 0 unspecified atom stereocenters. The number of furan rings is 1. The summed E-state index contributed by atoms with van der Waals surface area (Å²) in [4.78, 5) is 27.0. The van der Waals surface area contributed by atoms with Crippen molar-refractivity contribution in [3.63, 3.8) is 0 Å². The number of oxazole rings is 1. The Balaban J connectivity index is 1.62. The van der Waals surface area contributed by atoms with Gasteiger partial charge in [0.2, 0.25) is 5.91 Å². The minimum absolute atomic E-state index is 0.138. The van der Waals surface area contributed by atoms with Crippen molar-refractivity contribution in [2.45, 2.75) is 19.6 Å². The zero-order valence-corrected chi connectivity index (χ0v) is 15.6. The molecular formula is C21H17ClN2O4. The van der Waals surface area contributed by atoms with Crippen LogP contribution in [0.2, 0.25) is 5.02 Å². The maximum atomic E-state index is 13.1. The summed E-state index contributed by atoms with van der Waals surface area (Å²) in [5.41, 5.74) is 1.87. The van der Waals surface area contributed by atoms with Crippen molar-refractivity contribution in [2.24, 2.45) is 0 Å². The monoisotopic (exact) mass is 396 g/mol. The number of rotatable bonds is 6. The first-order valence-corrected chi connectivity index (χ1v) is 9.11. The third kappa shape index (κ3) is 3.87. The fraction of sp³-hybridized carbons (Fsp3) is 0.143. The minimum atomic E-state index is -0.594. The van der Waals surface area contributed by atoms with E-state index in [1.807, 2.05) is 36.4 Å². The molecule has 0 saturated carbocycles. The van der Waals surface area contributed by atoms with E-state index >= 15 is 0 Å². The Morgan fingerprint density at radius 1 is 1.04 bits per heavy atom. The van der Waals surface area contributed by atoms with Crippen LogP contribution in [0.3, 0.4) is 0 Å². The zero-order chi connectivity index (χ0) is 19.5. The van der Waals surface area contributed by atoms with Crippen LogP contribution < -0.4 is 5.76 Å². The lowest BCUT2D eigenvalue weighted by Gasteiger charge is -2.22. The van der Waals surface area contributed by atoms with Gasteiger partial charge in [0.25, 0.3) is 0 Å². The zero-order valence-electron chi connectivity index (χ0n) is 14.9. The van der Waals surface area contributed by atoms with E-state index in [4.69, 9.17) is 20.4 Å². The number of aromatic nitrogens is 1. The van der Waals surface area contributed by atoms with E-state index in [0.717, 1.165) is 5.56 Å². The topological polar surface area (TPSA) is 68.6 Å². The fourth-order valence-corrected chi connectivity index (χ4v) is 3.21. The van der Waals surface area contributed by atoms with Crippen molar-refractivity contribution in [3.8, 4) is 0 Å². The average molecular weight is 397 g/mol. The van der Waals surface area contributed by atoms with E-state index in [1.54, 1.807) is 35.4 Å². The highest BCUT2D eigenvalue weighted by atomic mass is 35.5. The van der Waals surface area contributed by atoms with Crippen LogP contribution in [0.25, 0.3) is 11.1 Å². The number of benzene rings is 2. The molecule has 0 saturated heterocycles. The maximum absolute atomic E-state index is 13.1. The molecule has 4 aromatic rings. The highest BCUT2D eigenvalue weighted by molar-refractivity contribution is 6.31. The number of halogens is 1. The number of nitrogens with zero attached hydrogens (tertiary/aromatic N) is 2. The molecule has 2 heterocycles. The molecule has 0 fully saturated rings. The molecule has 6 nitrogen and oxygen atoms in total. The van der Waals surface area contributed by atoms with Gasteiger partial charge in [-0.25, -0.2) is 4.79 Å². The van der Waals surface area contributed by atoms with Crippen LogP contribution in [-0.4, -0.2) is 15.4 Å². The van der Waals surface area contributed by atoms with Gasteiger partial charge >= 0.3 is 5.76 Å². The molecule has 28 heavy (non-hydrogen) atoms. The van der Waals surface area contributed by atoms with Crippen molar-refractivity contribution in [1.29, 1.82) is 0 Å². The summed E-state index contributed by atoms with van der Waals surface area (Å²) in [5.74, 6) is -0.149. The van der Waals surface area contributed by atoms with E-state index < -0.39 is 5.76 Å². The molecule has 4 rings (SSSR count). The van der Waals surface area contributed by atoms with Crippen LogP contribution in [-0.2, 0) is 24.4 Å². The highest BCUT2D eigenvalue weighted by Gasteiger charge is 2.20. The van der Waals surface area contributed by atoms with Crippen LogP contribution in [0.1, 0.15) is 11.3 Å². The second-order valence-corrected chi connectivity index (χ2v) is 6.82. The maximum Gasteiger partial charge on any atom is 0.420 e. The van der Waals surface area contributed by atoms with Crippen LogP contribution in [0.15, 0.2) is 80.6 Å². The summed E-state index contributed by atoms with van der Waals surface area (Å²) in [7, 11) is 0. The van der Waals surface area contributed by atoms with Gasteiger partial charge in [0, 0.05) is 17.6 Å². The molecular weight excluding hydrogens is 380 g/mol. The predicted molar refractivity (Wildman–Crippen MR) is 105 cm³/mol. The Kier molecular flexibility index (Phi) is 5.04. The van der Waals surface area contributed by atoms with E-state index in [2.05, 4.69) is 0 Å². The largest absolute Gasteiger partial charge is 0.467 e. The van der Waals surface area contributed by atoms with Gasteiger partial charge in [-0.1, -0.05) is 41.9 Å². The molecule has 0 N–H and O–H groups in total. The third-order valence-corrected chi connectivity index (χ3v) is 4.65. The van der Waals surface area contributed by atoms with Crippen molar-refractivity contribution in [2.75, 3.05) is 0 Å². The number of amides is 1. The molecule has 7 heteroatoms. The number of carbonyl (C=O) groups is 1. The second kappa shape index (κ2) is 7.78. The standard InChI is InChI=1S/C21H17ClN2O4/c22-16-8-9-18-19(11-16)28-21(26)24(18)14-20(25)23(13-17-7-4-10-27-17)12-15-5-2-1-3-6-15/h1-11H,12-14H2. The van der Waals surface area contributed by atoms with Gasteiger partial charge in [-0.3, -0.25) is 9.36 Å². The lowest BCUT2D eigenvalue weighted by molar-refractivity contribution is -0.133. The van der Waals surface area contributed by atoms with Crippen molar-refractivity contribution in [1.82, 2.24) is 9.47 Å². The number of fused-ring (bicyclic) bond motifs is 1. The minimum Gasteiger partial charge on any atom is -0.467 e. The van der Waals surface area contributed by atoms with Crippen LogP contribution in [0.4, 0.5) is 0 Å². The molecule has 0 aliphatic rings. The quantitative estimate of drug-likeness (QED) is 0.492. The van der Waals surface area contributed by atoms with Gasteiger partial charge in [0.15, 0.2) is 5.58 Å². The molecule has 0 aliphatic carbocycles. The molecule has 1 amide bonds. The molecule has 2 aromatic heterocycles.